The minimum absolute atomic E-state index is 0.0497. The number of hydrogen-bond acceptors (Lipinski definition) is 8. The summed E-state index contributed by atoms with van der Waals surface area (Å²) in [4.78, 5) is 45.8. The molecular formula is C18H16O8. The molecule has 0 unspecified atom stereocenters. The standard InChI is InChI=1S/C18H16O8/c1-9(19)23-14-7-5-6-13-15(24-10(2)20)8-16(25-11(3)21)18(17(13)14)26-12(4)22/h5-8H,1-4H3. The smallest absolute Gasteiger partial charge is 0.308 e. The van der Waals surface area contributed by atoms with Gasteiger partial charge in [0.2, 0.25) is 0 Å². The lowest BCUT2D eigenvalue weighted by molar-refractivity contribution is -0.134. The van der Waals surface area contributed by atoms with Crippen LogP contribution in [-0.4, -0.2) is 23.9 Å². The van der Waals surface area contributed by atoms with Crippen LogP contribution in [0.2, 0.25) is 0 Å². The van der Waals surface area contributed by atoms with Crippen molar-refractivity contribution >= 4 is 34.6 Å². The minimum atomic E-state index is -0.684. The Bertz CT molecular complexity index is 899. The molecule has 0 radical (unpaired) electrons. The van der Waals surface area contributed by atoms with E-state index >= 15 is 0 Å². The molecule has 8 nitrogen and oxygen atoms in total. The molecule has 0 fully saturated rings. The van der Waals surface area contributed by atoms with Crippen LogP contribution in [0.3, 0.4) is 0 Å². The molecule has 0 aliphatic carbocycles. The second-order valence-electron chi connectivity index (χ2n) is 5.26. The Labute approximate surface area is 148 Å². The normalized spacial score (nSPS) is 10.2. The molecular weight excluding hydrogens is 344 g/mol. The summed E-state index contributed by atoms with van der Waals surface area (Å²) >= 11 is 0. The summed E-state index contributed by atoms with van der Waals surface area (Å²) in [7, 11) is 0. The summed E-state index contributed by atoms with van der Waals surface area (Å²) in [5.41, 5.74) is 0. The van der Waals surface area contributed by atoms with Crippen molar-refractivity contribution in [3.05, 3.63) is 24.3 Å². The average molecular weight is 360 g/mol. The van der Waals surface area contributed by atoms with E-state index in [1.165, 1.54) is 26.0 Å². The lowest BCUT2D eigenvalue weighted by Gasteiger charge is -2.16. The van der Waals surface area contributed by atoms with E-state index in [9.17, 15) is 19.2 Å². The summed E-state index contributed by atoms with van der Waals surface area (Å²) < 4.78 is 20.6. The third-order valence-corrected chi connectivity index (χ3v) is 3.01. The average Bonchev–Trinajstić information content (AvgIpc) is 2.49. The van der Waals surface area contributed by atoms with Crippen molar-refractivity contribution < 1.29 is 38.1 Å². The quantitative estimate of drug-likeness (QED) is 0.605. The highest BCUT2D eigenvalue weighted by Crippen LogP contribution is 2.46. The van der Waals surface area contributed by atoms with Crippen molar-refractivity contribution in [1.82, 2.24) is 0 Å². The Morgan fingerprint density at radius 3 is 1.69 bits per heavy atom. The van der Waals surface area contributed by atoms with Gasteiger partial charge in [-0.15, -0.1) is 0 Å². The number of carbonyl (C=O) groups excluding carboxylic acids is 4. The van der Waals surface area contributed by atoms with Gasteiger partial charge in [-0.2, -0.15) is 0 Å². The number of esters is 4. The summed E-state index contributed by atoms with van der Waals surface area (Å²) in [6.07, 6.45) is 0. The van der Waals surface area contributed by atoms with Gasteiger partial charge >= 0.3 is 23.9 Å². The molecule has 0 aliphatic heterocycles. The Kier molecular flexibility index (Phi) is 5.56. The van der Waals surface area contributed by atoms with Gasteiger partial charge in [-0.05, 0) is 6.07 Å². The van der Waals surface area contributed by atoms with Crippen LogP contribution in [0, 0.1) is 0 Å². The lowest BCUT2D eigenvalue weighted by atomic mass is 10.1. The number of fused-ring (bicyclic) bond motifs is 1. The van der Waals surface area contributed by atoms with E-state index in [1.807, 2.05) is 0 Å². The number of benzene rings is 2. The molecule has 0 saturated carbocycles. The zero-order valence-corrected chi connectivity index (χ0v) is 14.6. The summed E-state index contributed by atoms with van der Waals surface area (Å²) in [5, 5.41) is 0.471. The van der Waals surface area contributed by atoms with Crippen molar-refractivity contribution in [3.63, 3.8) is 0 Å². The second kappa shape index (κ2) is 7.64. The maximum absolute atomic E-state index is 11.5. The van der Waals surface area contributed by atoms with Crippen molar-refractivity contribution in [2.45, 2.75) is 27.7 Å². The molecule has 0 heterocycles. The van der Waals surface area contributed by atoms with Crippen molar-refractivity contribution in [2.24, 2.45) is 0 Å². The lowest BCUT2D eigenvalue weighted by Crippen LogP contribution is -2.10. The van der Waals surface area contributed by atoms with Crippen LogP contribution >= 0.6 is 0 Å². The first-order valence-electron chi connectivity index (χ1n) is 7.52. The fourth-order valence-electron chi connectivity index (χ4n) is 2.31. The fraction of sp³-hybridized carbons (Fsp3) is 0.222. The van der Waals surface area contributed by atoms with E-state index in [0.717, 1.165) is 13.8 Å². The van der Waals surface area contributed by atoms with Crippen molar-refractivity contribution in [1.29, 1.82) is 0 Å². The van der Waals surface area contributed by atoms with Crippen LogP contribution in [0.15, 0.2) is 24.3 Å². The van der Waals surface area contributed by atoms with Gasteiger partial charge in [0.05, 0.1) is 5.39 Å². The largest absolute Gasteiger partial charge is 0.426 e. The summed E-state index contributed by atoms with van der Waals surface area (Å²) in [5.74, 6) is -2.78. The molecule has 0 N–H and O–H groups in total. The molecule has 0 atom stereocenters. The van der Waals surface area contributed by atoms with Crippen LogP contribution in [0.25, 0.3) is 10.8 Å². The molecule has 0 saturated heterocycles. The Balaban J connectivity index is 2.89. The molecule has 8 heteroatoms. The van der Waals surface area contributed by atoms with Gasteiger partial charge in [0, 0.05) is 39.1 Å². The van der Waals surface area contributed by atoms with Crippen LogP contribution in [-0.2, 0) is 19.2 Å². The first kappa shape index (κ1) is 18.9. The number of hydrogen-bond donors (Lipinski definition) is 0. The molecule has 26 heavy (non-hydrogen) atoms. The highest BCUT2D eigenvalue weighted by Gasteiger charge is 2.23. The molecule has 0 spiro atoms. The van der Waals surface area contributed by atoms with Gasteiger partial charge in [-0.25, -0.2) is 0 Å². The van der Waals surface area contributed by atoms with E-state index in [4.69, 9.17) is 18.9 Å². The predicted molar refractivity (Wildman–Crippen MR) is 89.2 cm³/mol. The predicted octanol–water partition coefficient (Wildman–Crippen LogP) is 2.54. The van der Waals surface area contributed by atoms with E-state index in [0.29, 0.717) is 5.39 Å². The van der Waals surface area contributed by atoms with Crippen LogP contribution in [0.1, 0.15) is 27.7 Å². The molecule has 136 valence electrons. The van der Waals surface area contributed by atoms with Gasteiger partial charge in [-0.3, -0.25) is 19.2 Å². The minimum Gasteiger partial charge on any atom is -0.426 e. The van der Waals surface area contributed by atoms with Gasteiger partial charge < -0.3 is 18.9 Å². The van der Waals surface area contributed by atoms with E-state index in [2.05, 4.69) is 0 Å². The zero-order valence-electron chi connectivity index (χ0n) is 14.6. The van der Waals surface area contributed by atoms with Gasteiger partial charge in [0.25, 0.3) is 0 Å². The van der Waals surface area contributed by atoms with E-state index in [1.54, 1.807) is 12.1 Å². The Morgan fingerprint density at radius 1 is 0.654 bits per heavy atom. The molecule has 2 aromatic carbocycles. The topological polar surface area (TPSA) is 105 Å². The monoisotopic (exact) mass is 360 g/mol. The molecule has 0 bridgehead atoms. The van der Waals surface area contributed by atoms with E-state index < -0.39 is 23.9 Å². The van der Waals surface area contributed by atoms with Gasteiger partial charge in [-0.1, -0.05) is 12.1 Å². The molecule has 2 rings (SSSR count). The van der Waals surface area contributed by atoms with Crippen LogP contribution < -0.4 is 18.9 Å². The molecule has 0 aromatic heterocycles. The fourth-order valence-corrected chi connectivity index (χ4v) is 2.31. The molecule has 0 amide bonds. The van der Waals surface area contributed by atoms with Crippen molar-refractivity contribution in [3.8, 4) is 23.0 Å². The first-order valence-corrected chi connectivity index (χ1v) is 7.52. The molecule has 0 aliphatic rings. The third-order valence-electron chi connectivity index (χ3n) is 3.01. The number of carbonyl (C=O) groups is 4. The van der Waals surface area contributed by atoms with Crippen LogP contribution in [0.5, 0.6) is 23.0 Å². The van der Waals surface area contributed by atoms with Crippen LogP contribution in [0.4, 0.5) is 0 Å². The Morgan fingerprint density at radius 2 is 1.15 bits per heavy atom. The number of ether oxygens (including phenoxy) is 4. The number of rotatable bonds is 4. The summed E-state index contributed by atoms with van der Waals surface area (Å²) in [6.45, 7) is 4.73. The highest BCUT2D eigenvalue weighted by molar-refractivity contribution is 6.03. The Hall–Kier alpha value is -3.42. The maximum Gasteiger partial charge on any atom is 0.308 e. The van der Waals surface area contributed by atoms with Gasteiger partial charge in [0.1, 0.15) is 11.5 Å². The first-order chi connectivity index (χ1) is 12.2. The summed E-state index contributed by atoms with van der Waals surface area (Å²) in [6, 6.07) is 5.86. The molecule has 2 aromatic rings. The third kappa shape index (κ3) is 4.35. The van der Waals surface area contributed by atoms with Crippen molar-refractivity contribution in [2.75, 3.05) is 0 Å². The second-order valence-corrected chi connectivity index (χ2v) is 5.26. The van der Waals surface area contributed by atoms with E-state index in [-0.39, 0.29) is 28.4 Å². The maximum atomic E-state index is 11.5. The van der Waals surface area contributed by atoms with Gasteiger partial charge in [0.15, 0.2) is 11.5 Å². The zero-order chi connectivity index (χ0) is 19.4. The highest BCUT2D eigenvalue weighted by atomic mass is 16.6. The SMILES string of the molecule is CC(=O)Oc1cc(OC(C)=O)c2cccc(OC(C)=O)c2c1OC(C)=O.